The minimum absolute atomic E-state index is 0.0425. The highest BCUT2D eigenvalue weighted by atomic mass is 35.5. The first-order valence-electron chi connectivity index (χ1n) is 4.58. The molecule has 3 N–H and O–H groups in total. The van der Waals surface area contributed by atoms with E-state index in [9.17, 15) is 15.0 Å². The van der Waals surface area contributed by atoms with Gasteiger partial charge in [-0.2, -0.15) is 0 Å². The normalized spacial score (nSPS) is 14.2. The number of amides is 1. The Bertz CT molecular complexity index is 358. The fraction of sp³-hybridized carbons (Fsp3) is 0.444. The number of halogens is 1. The fourth-order valence-corrected chi connectivity index (χ4v) is 1.15. The Labute approximate surface area is 97.3 Å². The molecule has 0 spiro atoms. The molecule has 1 aromatic rings. The summed E-state index contributed by atoms with van der Waals surface area (Å²) < 4.78 is 0. The van der Waals surface area contributed by atoms with Gasteiger partial charge in [-0.05, 0) is 11.6 Å². The summed E-state index contributed by atoms with van der Waals surface area (Å²) in [7, 11) is 0. The van der Waals surface area contributed by atoms with Crippen LogP contribution in [0, 0.1) is 0 Å². The first-order chi connectivity index (χ1) is 7.50. The van der Waals surface area contributed by atoms with Crippen LogP contribution in [0.25, 0.3) is 0 Å². The number of nitrogens with zero attached hydrogens (tertiary/aromatic N) is 2. The van der Waals surface area contributed by atoms with Crippen molar-refractivity contribution in [3.8, 4) is 0 Å². The van der Waals surface area contributed by atoms with Gasteiger partial charge in [-0.25, -0.2) is 9.97 Å². The van der Waals surface area contributed by atoms with Gasteiger partial charge in [-0.1, -0.05) is 0 Å². The van der Waals surface area contributed by atoms with Gasteiger partial charge in [-0.3, -0.25) is 4.79 Å². The molecule has 1 heterocycles. The summed E-state index contributed by atoms with van der Waals surface area (Å²) in [5.74, 6) is -0.279. The van der Waals surface area contributed by atoms with Crippen LogP contribution >= 0.6 is 11.6 Å². The Morgan fingerprint density at radius 2 is 2.06 bits per heavy atom. The van der Waals surface area contributed by atoms with Crippen molar-refractivity contribution in [1.82, 2.24) is 15.3 Å². The number of aromatic nitrogens is 2. The van der Waals surface area contributed by atoms with E-state index in [1.165, 1.54) is 19.3 Å². The number of hydrogen-bond donors (Lipinski definition) is 3. The van der Waals surface area contributed by atoms with Gasteiger partial charge in [0.15, 0.2) is 0 Å². The molecular formula is C9H12ClN3O3. The second kappa shape index (κ2) is 5.74. The lowest BCUT2D eigenvalue weighted by Crippen LogP contribution is -2.34. The van der Waals surface area contributed by atoms with Crippen molar-refractivity contribution in [1.29, 1.82) is 0 Å². The highest BCUT2D eigenvalue weighted by Gasteiger charge is 2.19. The lowest BCUT2D eigenvalue weighted by molar-refractivity contribution is -0.119. The SMILES string of the molecule is CC(=O)NCC(O)C(O)c1cnc(Cl)nc1. The number of nitrogens with one attached hydrogen (secondary N) is 1. The molecule has 0 saturated carbocycles. The van der Waals surface area contributed by atoms with Crippen molar-refractivity contribution in [2.45, 2.75) is 19.1 Å². The molecule has 6 nitrogen and oxygen atoms in total. The second-order valence-corrected chi connectivity index (χ2v) is 3.57. The van der Waals surface area contributed by atoms with Crippen LogP contribution in [0.4, 0.5) is 0 Å². The standard InChI is InChI=1S/C9H12ClN3O3/c1-5(14)11-4-7(15)8(16)6-2-12-9(10)13-3-6/h2-3,7-8,15-16H,4H2,1H3,(H,11,14). The van der Waals surface area contributed by atoms with Gasteiger partial charge in [0.1, 0.15) is 12.2 Å². The molecule has 88 valence electrons. The summed E-state index contributed by atoms with van der Waals surface area (Å²) in [5, 5.41) is 21.7. The van der Waals surface area contributed by atoms with Crippen LogP contribution in [-0.2, 0) is 4.79 Å². The molecule has 0 aliphatic heterocycles. The molecule has 0 fully saturated rings. The third-order valence-electron chi connectivity index (χ3n) is 1.91. The quantitative estimate of drug-likeness (QED) is 0.631. The van der Waals surface area contributed by atoms with Gasteiger partial charge < -0.3 is 15.5 Å². The van der Waals surface area contributed by atoms with E-state index in [0.717, 1.165) is 0 Å². The van der Waals surface area contributed by atoms with E-state index in [1.54, 1.807) is 0 Å². The van der Waals surface area contributed by atoms with Gasteiger partial charge in [0, 0.05) is 31.4 Å². The Kier molecular flexibility index (Phi) is 4.60. The Morgan fingerprint density at radius 3 is 2.56 bits per heavy atom. The maximum absolute atomic E-state index is 10.6. The number of aliphatic hydroxyl groups is 2. The summed E-state index contributed by atoms with van der Waals surface area (Å²) in [6.45, 7) is 1.28. The average molecular weight is 246 g/mol. The molecule has 1 amide bonds. The topological polar surface area (TPSA) is 95.3 Å². The summed E-state index contributed by atoms with van der Waals surface area (Å²) >= 11 is 5.48. The molecule has 16 heavy (non-hydrogen) atoms. The fourth-order valence-electron chi connectivity index (χ4n) is 1.06. The number of aliphatic hydroxyl groups excluding tert-OH is 2. The van der Waals surface area contributed by atoms with E-state index in [-0.39, 0.29) is 17.7 Å². The highest BCUT2D eigenvalue weighted by molar-refractivity contribution is 6.28. The van der Waals surface area contributed by atoms with Crippen molar-refractivity contribution in [3.63, 3.8) is 0 Å². The van der Waals surface area contributed by atoms with Gasteiger partial charge in [0.05, 0.1) is 0 Å². The third-order valence-corrected chi connectivity index (χ3v) is 2.10. The zero-order valence-corrected chi connectivity index (χ0v) is 9.35. The zero-order chi connectivity index (χ0) is 12.1. The van der Waals surface area contributed by atoms with Crippen LogP contribution in [0.3, 0.4) is 0 Å². The van der Waals surface area contributed by atoms with Crippen LogP contribution in [0.1, 0.15) is 18.6 Å². The third kappa shape index (κ3) is 3.73. The maximum atomic E-state index is 10.6. The van der Waals surface area contributed by atoms with Gasteiger partial charge in [0.25, 0.3) is 0 Å². The number of carbonyl (C=O) groups is 1. The second-order valence-electron chi connectivity index (χ2n) is 3.23. The minimum Gasteiger partial charge on any atom is -0.388 e. The van der Waals surface area contributed by atoms with E-state index < -0.39 is 12.2 Å². The van der Waals surface area contributed by atoms with E-state index in [2.05, 4.69) is 15.3 Å². The highest BCUT2D eigenvalue weighted by Crippen LogP contribution is 2.15. The van der Waals surface area contributed by atoms with Gasteiger partial charge >= 0.3 is 0 Å². The van der Waals surface area contributed by atoms with Crippen molar-refractivity contribution in [2.24, 2.45) is 0 Å². The molecule has 0 saturated heterocycles. The summed E-state index contributed by atoms with van der Waals surface area (Å²) in [6, 6.07) is 0. The molecule has 0 aromatic carbocycles. The number of rotatable bonds is 4. The van der Waals surface area contributed by atoms with Crippen molar-refractivity contribution in [3.05, 3.63) is 23.2 Å². The molecular weight excluding hydrogens is 234 g/mol. The molecule has 0 aliphatic carbocycles. The molecule has 2 atom stereocenters. The van der Waals surface area contributed by atoms with E-state index >= 15 is 0 Å². The number of hydrogen-bond acceptors (Lipinski definition) is 5. The van der Waals surface area contributed by atoms with Crippen LogP contribution in [-0.4, -0.2) is 38.7 Å². The van der Waals surface area contributed by atoms with Crippen LogP contribution in [0.15, 0.2) is 12.4 Å². The molecule has 1 rings (SSSR count). The lowest BCUT2D eigenvalue weighted by atomic mass is 10.1. The monoisotopic (exact) mass is 245 g/mol. The van der Waals surface area contributed by atoms with Crippen molar-refractivity contribution >= 4 is 17.5 Å². The molecule has 0 aliphatic rings. The summed E-state index contributed by atoms with van der Waals surface area (Å²) in [4.78, 5) is 18.0. The zero-order valence-electron chi connectivity index (χ0n) is 8.59. The van der Waals surface area contributed by atoms with Crippen molar-refractivity contribution in [2.75, 3.05) is 6.54 Å². The Morgan fingerprint density at radius 1 is 1.50 bits per heavy atom. The largest absolute Gasteiger partial charge is 0.388 e. The van der Waals surface area contributed by atoms with Crippen LogP contribution in [0.2, 0.25) is 5.28 Å². The van der Waals surface area contributed by atoms with E-state index in [0.29, 0.717) is 5.56 Å². The molecule has 0 radical (unpaired) electrons. The smallest absolute Gasteiger partial charge is 0.222 e. The molecule has 0 bridgehead atoms. The summed E-state index contributed by atoms with van der Waals surface area (Å²) in [6.07, 6.45) is 0.353. The van der Waals surface area contributed by atoms with Gasteiger partial charge in [0.2, 0.25) is 11.2 Å². The predicted octanol–water partition coefficient (Wildman–Crippen LogP) is -0.340. The predicted molar refractivity (Wildman–Crippen MR) is 56.7 cm³/mol. The first kappa shape index (κ1) is 12.8. The molecule has 2 unspecified atom stereocenters. The Hall–Kier alpha value is -1.24. The maximum Gasteiger partial charge on any atom is 0.222 e. The van der Waals surface area contributed by atoms with E-state index in [4.69, 9.17) is 11.6 Å². The average Bonchev–Trinajstić information content (AvgIpc) is 2.26. The number of carbonyl (C=O) groups excluding carboxylic acids is 1. The summed E-state index contributed by atoms with van der Waals surface area (Å²) in [5.41, 5.74) is 0.335. The van der Waals surface area contributed by atoms with E-state index in [1.807, 2.05) is 0 Å². The lowest BCUT2D eigenvalue weighted by Gasteiger charge is -2.17. The van der Waals surface area contributed by atoms with Crippen LogP contribution < -0.4 is 5.32 Å². The van der Waals surface area contributed by atoms with Gasteiger partial charge in [-0.15, -0.1) is 0 Å². The van der Waals surface area contributed by atoms with Crippen molar-refractivity contribution < 1.29 is 15.0 Å². The minimum atomic E-state index is -1.16. The molecule has 7 heteroatoms. The Balaban J connectivity index is 2.59. The van der Waals surface area contributed by atoms with Crippen LogP contribution in [0.5, 0.6) is 0 Å². The first-order valence-corrected chi connectivity index (χ1v) is 4.96. The molecule has 1 aromatic heterocycles.